The van der Waals surface area contributed by atoms with Crippen LogP contribution < -0.4 is 10.6 Å². The highest BCUT2D eigenvalue weighted by Gasteiger charge is 2.34. The lowest BCUT2D eigenvalue weighted by Crippen LogP contribution is -2.47. The summed E-state index contributed by atoms with van der Waals surface area (Å²) in [4.78, 5) is 27.1. The number of nitrogens with zero attached hydrogens (tertiary/aromatic N) is 1. The van der Waals surface area contributed by atoms with Gasteiger partial charge in [0.1, 0.15) is 0 Å². The molecule has 0 aliphatic carbocycles. The lowest BCUT2D eigenvalue weighted by Gasteiger charge is -2.37. The highest BCUT2D eigenvalue weighted by atomic mass is 32.1. The van der Waals surface area contributed by atoms with Gasteiger partial charge in [0.2, 0.25) is 5.91 Å². The molecule has 0 saturated heterocycles. The molecule has 0 unspecified atom stereocenters. The minimum Gasteiger partial charge on any atom is -0.466 e. The van der Waals surface area contributed by atoms with Crippen LogP contribution in [0.15, 0.2) is 35.5 Å². The number of carbonyl (C=O) groups is 2. The normalized spacial score (nSPS) is 17.4. The maximum absolute atomic E-state index is 12.7. The van der Waals surface area contributed by atoms with E-state index in [2.05, 4.69) is 17.6 Å². The SMILES string of the molecule is CCCC[C@@H](CC)C(=O)Nc1cccc([C@H]2NC(=S)N(CC)C(C)=C2C(=O)OC)c1. The van der Waals surface area contributed by atoms with Crippen molar-refractivity contribution in [3.63, 3.8) is 0 Å². The van der Waals surface area contributed by atoms with Crippen LogP contribution in [0, 0.1) is 5.92 Å². The van der Waals surface area contributed by atoms with E-state index in [1.165, 1.54) is 7.11 Å². The van der Waals surface area contributed by atoms with Crippen LogP contribution in [0.5, 0.6) is 0 Å². The molecule has 0 fully saturated rings. The predicted molar refractivity (Wildman–Crippen MR) is 124 cm³/mol. The summed E-state index contributed by atoms with van der Waals surface area (Å²) < 4.78 is 5.04. The molecule has 0 aromatic heterocycles. The zero-order valence-electron chi connectivity index (χ0n) is 18.6. The number of methoxy groups -OCH3 is 1. The monoisotopic (exact) mass is 431 g/mol. The fourth-order valence-corrected chi connectivity index (χ4v) is 4.18. The third-order valence-corrected chi connectivity index (χ3v) is 5.91. The summed E-state index contributed by atoms with van der Waals surface area (Å²) in [5, 5.41) is 6.86. The predicted octanol–water partition coefficient (Wildman–Crippen LogP) is 4.54. The minimum absolute atomic E-state index is 0.000118. The van der Waals surface area contributed by atoms with E-state index in [4.69, 9.17) is 17.0 Å². The van der Waals surface area contributed by atoms with Crippen LogP contribution in [0.3, 0.4) is 0 Å². The maximum atomic E-state index is 12.7. The number of rotatable bonds is 9. The molecule has 0 bridgehead atoms. The summed E-state index contributed by atoms with van der Waals surface area (Å²) in [5.41, 5.74) is 2.84. The van der Waals surface area contributed by atoms with Crippen LogP contribution in [-0.4, -0.2) is 35.5 Å². The van der Waals surface area contributed by atoms with Gasteiger partial charge >= 0.3 is 5.97 Å². The lowest BCUT2D eigenvalue weighted by molar-refractivity contribution is -0.136. The van der Waals surface area contributed by atoms with Gasteiger partial charge in [0.15, 0.2) is 5.11 Å². The number of amides is 1. The maximum Gasteiger partial charge on any atom is 0.337 e. The number of anilines is 1. The third-order valence-electron chi connectivity index (χ3n) is 5.58. The van der Waals surface area contributed by atoms with Crippen LogP contribution in [0.2, 0.25) is 0 Å². The lowest BCUT2D eigenvalue weighted by atomic mass is 9.94. The number of benzene rings is 1. The van der Waals surface area contributed by atoms with Gasteiger partial charge in [-0.25, -0.2) is 4.79 Å². The molecule has 1 aromatic rings. The molecule has 7 heteroatoms. The number of ether oxygens (including phenoxy) is 1. The van der Waals surface area contributed by atoms with Crippen molar-refractivity contribution in [2.24, 2.45) is 5.92 Å². The summed E-state index contributed by atoms with van der Waals surface area (Å²) >= 11 is 5.51. The van der Waals surface area contributed by atoms with Gasteiger partial charge in [-0.1, -0.05) is 38.8 Å². The molecule has 30 heavy (non-hydrogen) atoms. The fourth-order valence-electron chi connectivity index (χ4n) is 3.80. The molecular formula is C23H33N3O3S. The first kappa shape index (κ1) is 23.9. The smallest absolute Gasteiger partial charge is 0.337 e. The average molecular weight is 432 g/mol. The molecule has 0 spiro atoms. The summed E-state index contributed by atoms with van der Waals surface area (Å²) in [5.74, 6) is -0.363. The van der Waals surface area contributed by atoms with Gasteiger partial charge in [-0.3, -0.25) is 4.79 Å². The summed E-state index contributed by atoms with van der Waals surface area (Å²) in [6, 6.07) is 7.11. The van der Waals surface area contributed by atoms with Crippen LogP contribution >= 0.6 is 12.2 Å². The van der Waals surface area contributed by atoms with Crippen LogP contribution in [0.25, 0.3) is 0 Å². The van der Waals surface area contributed by atoms with E-state index >= 15 is 0 Å². The van der Waals surface area contributed by atoms with Gasteiger partial charge in [-0.15, -0.1) is 0 Å². The number of thiocarbonyl (C=S) groups is 1. The summed E-state index contributed by atoms with van der Waals surface area (Å²) in [7, 11) is 1.38. The number of hydrogen-bond donors (Lipinski definition) is 2. The molecule has 1 aliphatic rings. The number of hydrogen-bond acceptors (Lipinski definition) is 4. The van der Waals surface area contributed by atoms with E-state index in [1.807, 2.05) is 49.9 Å². The highest BCUT2D eigenvalue weighted by molar-refractivity contribution is 7.80. The van der Waals surface area contributed by atoms with Crippen molar-refractivity contribution in [3.8, 4) is 0 Å². The van der Waals surface area contributed by atoms with Gasteiger partial charge in [0, 0.05) is 23.8 Å². The first-order chi connectivity index (χ1) is 14.4. The first-order valence-electron chi connectivity index (χ1n) is 10.7. The summed E-state index contributed by atoms with van der Waals surface area (Å²) in [6.45, 7) is 8.67. The molecule has 1 aromatic carbocycles. The topological polar surface area (TPSA) is 70.7 Å². The number of unbranched alkanes of at least 4 members (excludes halogenated alkanes) is 1. The number of nitrogens with one attached hydrogen (secondary N) is 2. The van der Waals surface area contributed by atoms with E-state index in [1.54, 1.807) is 0 Å². The number of allylic oxidation sites excluding steroid dienone is 1. The van der Waals surface area contributed by atoms with E-state index < -0.39 is 12.0 Å². The zero-order valence-corrected chi connectivity index (χ0v) is 19.4. The Kier molecular flexibility index (Phi) is 8.84. The average Bonchev–Trinajstić information content (AvgIpc) is 2.74. The van der Waals surface area contributed by atoms with Crippen LogP contribution in [-0.2, 0) is 14.3 Å². The van der Waals surface area contributed by atoms with E-state index in [0.717, 1.165) is 36.9 Å². The van der Waals surface area contributed by atoms with Crippen LogP contribution in [0.1, 0.15) is 65.0 Å². The van der Waals surface area contributed by atoms with Gasteiger partial charge in [0.05, 0.1) is 18.7 Å². The van der Waals surface area contributed by atoms with E-state index in [9.17, 15) is 9.59 Å². The summed E-state index contributed by atoms with van der Waals surface area (Å²) in [6.07, 6.45) is 3.81. The second kappa shape index (κ2) is 11.1. The molecule has 1 amide bonds. The Bertz CT molecular complexity index is 822. The molecule has 1 aliphatic heterocycles. The van der Waals surface area contributed by atoms with Crippen molar-refractivity contribution in [2.45, 2.75) is 59.4 Å². The zero-order chi connectivity index (χ0) is 22.3. The van der Waals surface area contributed by atoms with Crippen molar-refractivity contribution < 1.29 is 14.3 Å². The van der Waals surface area contributed by atoms with Gasteiger partial charge in [0.25, 0.3) is 0 Å². The first-order valence-corrected chi connectivity index (χ1v) is 11.1. The molecule has 0 radical (unpaired) electrons. The Hall–Kier alpha value is -2.41. The third kappa shape index (κ3) is 5.39. The largest absolute Gasteiger partial charge is 0.466 e. The Morgan fingerprint density at radius 2 is 2.03 bits per heavy atom. The Morgan fingerprint density at radius 3 is 2.63 bits per heavy atom. The Balaban J connectivity index is 2.33. The Labute approximate surface area is 185 Å². The second-order valence-corrected chi connectivity index (χ2v) is 7.87. The van der Waals surface area contributed by atoms with Crippen molar-refractivity contribution in [1.82, 2.24) is 10.2 Å². The molecule has 2 N–H and O–H groups in total. The van der Waals surface area contributed by atoms with Crippen LogP contribution in [0.4, 0.5) is 5.69 Å². The fraction of sp³-hybridized carbons (Fsp3) is 0.522. The quantitative estimate of drug-likeness (QED) is 0.442. The molecule has 164 valence electrons. The van der Waals surface area contributed by atoms with E-state index in [0.29, 0.717) is 22.9 Å². The molecular weight excluding hydrogens is 398 g/mol. The second-order valence-electron chi connectivity index (χ2n) is 7.48. The number of esters is 1. The van der Waals surface area contributed by atoms with Crippen molar-refractivity contribution in [1.29, 1.82) is 0 Å². The minimum atomic E-state index is -0.438. The molecule has 6 nitrogen and oxygen atoms in total. The van der Waals surface area contributed by atoms with Crippen molar-refractivity contribution in [3.05, 3.63) is 41.1 Å². The van der Waals surface area contributed by atoms with Crippen molar-refractivity contribution >= 4 is 34.9 Å². The van der Waals surface area contributed by atoms with Gasteiger partial charge < -0.3 is 20.3 Å². The number of carbonyl (C=O) groups excluding carboxylic acids is 2. The molecule has 1 heterocycles. The van der Waals surface area contributed by atoms with Gasteiger partial charge in [-0.05, 0) is 56.6 Å². The molecule has 0 saturated carbocycles. The standard InChI is InChI=1S/C23H33N3O3S/c1-6-9-11-16(7-2)21(27)24-18-13-10-12-17(14-18)20-19(22(28)29-5)15(4)26(8-3)23(30)25-20/h10,12-14,16,20H,6-9,11H2,1-5H3,(H,24,27)(H,25,30)/t16-,20-/m1/s1. The van der Waals surface area contributed by atoms with Crippen molar-refractivity contribution in [2.75, 3.05) is 19.0 Å². The molecule has 2 atom stereocenters. The highest BCUT2D eigenvalue weighted by Crippen LogP contribution is 2.32. The van der Waals surface area contributed by atoms with E-state index in [-0.39, 0.29) is 11.8 Å². The Morgan fingerprint density at radius 1 is 1.30 bits per heavy atom. The van der Waals surface area contributed by atoms with Gasteiger partial charge in [-0.2, -0.15) is 0 Å². The molecule has 2 rings (SSSR count).